The maximum atomic E-state index is 11.8. The molecule has 1 rings (SSSR count). The van der Waals surface area contributed by atoms with E-state index >= 15 is 0 Å². The van der Waals surface area contributed by atoms with Crippen molar-refractivity contribution in [3.63, 3.8) is 0 Å². The van der Waals surface area contributed by atoms with E-state index in [4.69, 9.17) is 5.26 Å². The van der Waals surface area contributed by atoms with E-state index in [1.165, 1.54) is 5.56 Å². The molecule has 0 saturated heterocycles. The summed E-state index contributed by atoms with van der Waals surface area (Å²) >= 11 is 0. The zero-order valence-electron chi connectivity index (χ0n) is 10.7. The van der Waals surface area contributed by atoms with Gasteiger partial charge in [0.15, 0.2) is 5.25 Å². The van der Waals surface area contributed by atoms with Crippen LogP contribution in [-0.4, -0.2) is 13.7 Å². The fourth-order valence-corrected chi connectivity index (χ4v) is 2.83. The van der Waals surface area contributed by atoms with Crippen LogP contribution in [0.25, 0.3) is 0 Å². The molecule has 1 unspecified atom stereocenters. The zero-order valence-corrected chi connectivity index (χ0v) is 11.5. The fourth-order valence-electron chi connectivity index (χ4n) is 1.64. The van der Waals surface area contributed by atoms with Crippen molar-refractivity contribution in [1.82, 2.24) is 0 Å². The Morgan fingerprint density at radius 1 is 1.28 bits per heavy atom. The Labute approximate surface area is 109 Å². The van der Waals surface area contributed by atoms with E-state index in [-0.39, 0.29) is 6.42 Å². The van der Waals surface area contributed by atoms with Gasteiger partial charge >= 0.3 is 0 Å². The van der Waals surface area contributed by atoms with E-state index in [0.717, 1.165) is 12.8 Å². The summed E-state index contributed by atoms with van der Waals surface area (Å²) in [5.41, 5.74) is 1.68. The lowest BCUT2D eigenvalue weighted by Gasteiger charge is -2.11. The number of rotatable bonds is 6. The molecule has 0 amide bonds. The highest BCUT2D eigenvalue weighted by Crippen LogP contribution is 2.15. The summed E-state index contributed by atoms with van der Waals surface area (Å²) in [6.45, 7) is 3.77. The summed E-state index contributed by atoms with van der Waals surface area (Å²) in [4.78, 5) is 0. The van der Waals surface area contributed by atoms with Crippen molar-refractivity contribution < 1.29 is 8.42 Å². The number of aryl methyl sites for hydroxylation is 1. The summed E-state index contributed by atoms with van der Waals surface area (Å²) in [6, 6.07) is 9.05. The highest BCUT2D eigenvalue weighted by molar-refractivity contribution is 7.93. The molecule has 0 radical (unpaired) electrons. The van der Waals surface area contributed by atoms with E-state index < -0.39 is 15.3 Å². The number of hydrogen-bond acceptors (Lipinski definition) is 3. The smallest absolute Gasteiger partial charge is 0.249 e. The first-order valence-corrected chi connectivity index (χ1v) is 7.58. The molecule has 0 aliphatic rings. The number of nitrogens with one attached hydrogen (secondary N) is 1. The number of anilines is 1. The van der Waals surface area contributed by atoms with Gasteiger partial charge in [-0.2, -0.15) is 5.26 Å². The number of nitrogens with zero attached hydrogens (tertiary/aromatic N) is 1. The Hall–Kier alpha value is -1.54. The summed E-state index contributed by atoms with van der Waals surface area (Å²) < 4.78 is 26.1. The van der Waals surface area contributed by atoms with Crippen LogP contribution >= 0.6 is 0 Å². The van der Waals surface area contributed by atoms with Gasteiger partial charge in [0.05, 0.1) is 6.07 Å². The van der Waals surface area contributed by atoms with E-state index in [0.29, 0.717) is 5.69 Å². The highest BCUT2D eigenvalue weighted by atomic mass is 32.2. The Morgan fingerprint density at radius 3 is 2.33 bits per heavy atom. The van der Waals surface area contributed by atoms with Gasteiger partial charge in [-0.25, -0.2) is 8.42 Å². The van der Waals surface area contributed by atoms with Crippen molar-refractivity contribution in [1.29, 1.82) is 5.26 Å². The fraction of sp³-hybridized carbons (Fsp3) is 0.462. The van der Waals surface area contributed by atoms with Gasteiger partial charge in [-0.15, -0.1) is 0 Å². The summed E-state index contributed by atoms with van der Waals surface area (Å²) in [6.07, 6.45) is 2.31. The average Bonchev–Trinajstić information content (AvgIpc) is 2.33. The molecule has 0 fully saturated rings. The van der Waals surface area contributed by atoms with E-state index in [2.05, 4.69) is 11.6 Å². The predicted molar refractivity (Wildman–Crippen MR) is 72.7 cm³/mol. The van der Waals surface area contributed by atoms with Crippen LogP contribution < -0.4 is 4.72 Å². The second-order valence-corrected chi connectivity index (χ2v) is 5.98. The molecule has 1 aromatic rings. The second kappa shape index (κ2) is 6.41. The number of nitriles is 1. The van der Waals surface area contributed by atoms with Crippen LogP contribution in [0.5, 0.6) is 0 Å². The molecule has 1 N–H and O–H groups in total. The van der Waals surface area contributed by atoms with Crippen LogP contribution in [0.1, 0.15) is 32.3 Å². The second-order valence-electron chi connectivity index (χ2n) is 4.12. The van der Waals surface area contributed by atoms with Crippen LogP contribution in [0, 0.1) is 11.3 Å². The topological polar surface area (TPSA) is 70.0 Å². The molecule has 1 aromatic carbocycles. The van der Waals surface area contributed by atoms with Gasteiger partial charge in [-0.1, -0.05) is 32.4 Å². The molecule has 1 atom stereocenters. The quantitative estimate of drug-likeness (QED) is 0.860. The minimum Gasteiger partial charge on any atom is -0.282 e. The maximum absolute atomic E-state index is 11.8. The van der Waals surface area contributed by atoms with Gasteiger partial charge in [0, 0.05) is 5.69 Å². The predicted octanol–water partition coefficient (Wildman–Crippen LogP) is 2.68. The van der Waals surface area contributed by atoms with Crippen molar-refractivity contribution in [2.75, 3.05) is 4.72 Å². The van der Waals surface area contributed by atoms with Crippen molar-refractivity contribution >= 4 is 15.7 Å². The molecule has 0 aliphatic heterocycles. The lowest BCUT2D eigenvalue weighted by atomic mass is 10.1. The molecule has 4 nitrogen and oxygen atoms in total. The minimum absolute atomic E-state index is 0.278. The molecule has 18 heavy (non-hydrogen) atoms. The molecule has 0 aromatic heterocycles. The van der Waals surface area contributed by atoms with Crippen LogP contribution in [0.2, 0.25) is 0 Å². The molecule has 0 saturated carbocycles. The lowest BCUT2D eigenvalue weighted by molar-refractivity contribution is 0.593. The normalized spacial score (nSPS) is 12.7. The van der Waals surface area contributed by atoms with Gasteiger partial charge in [0.2, 0.25) is 10.0 Å². The first kappa shape index (κ1) is 14.5. The first-order chi connectivity index (χ1) is 8.53. The Kier molecular flexibility index (Phi) is 5.17. The molecule has 98 valence electrons. The standard InChI is InChI=1S/C13H18N2O2S/c1-3-5-11-6-8-12(9-7-11)15-18(16,17)13(4-2)10-14/h6-9,13,15H,3-5H2,1-2H3. The average molecular weight is 266 g/mol. The van der Waals surface area contributed by atoms with Gasteiger partial charge in [0.1, 0.15) is 0 Å². The van der Waals surface area contributed by atoms with E-state index in [1.807, 2.05) is 12.1 Å². The molecular formula is C13H18N2O2S. The monoisotopic (exact) mass is 266 g/mol. The Balaban J connectivity index is 2.82. The molecule has 5 heteroatoms. The van der Waals surface area contributed by atoms with Crippen molar-refractivity contribution in [2.24, 2.45) is 0 Å². The van der Waals surface area contributed by atoms with Gasteiger partial charge < -0.3 is 0 Å². The lowest BCUT2D eigenvalue weighted by Crippen LogP contribution is -2.25. The maximum Gasteiger partial charge on any atom is 0.249 e. The van der Waals surface area contributed by atoms with Crippen LogP contribution in [-0.2, 0) is 16.4 Å². The first-order valence-electron chi connectivity index (χ1n) is 6.03. The van der Waals surface area contributed by atoms with Gasteiger partial charge in [-0.05, 0) is 30.5 Å². The SMILES string of the molecule is CCCc1ccc(NS(=O)(=O)C(C#N)CC)cc1. The van der Waals surface area contributed by atoms with Crippen molar-refractivity contribution in [3.05, 3.63) is 29.8 Å². The molecule has 0 aliphatic carbocycles. The number of benzene rings is 1. The molecular weight excluding hydrogens is 248 g/mol. The summed E-state index contributed by atoms with van der Waals surface area (Å²) in [7, 11) is -3.61. The largest absolute Gasteiger partial charge is 0.282 e. The molecule has 0 spiro atoms. The zero-order chi connectivity index (χ0) is 13.6. The van der Waals surface area contributed by atoms with Crippen molar-refractivity contribution in [3.8, 4) is 6.07 Å². The Bertz CT molecular complexity index is 515. The van der Waals surface area contributed by atoms with E-state index in [9.17, 15) is 8.42 Å². The van der Waals surface area contributed by atoms with Crippen LogP contribution in [0.4, 0.5) is 5.69 Å². The third-order valence-corrected chi connectivity index (χ3v) is 4.35. The minimum atomic E-state index is -3.61. The number of hydrogen-bond donors (Lipinski definition) is 1. The molecule has 0 heterocycles. The van der Waals surface area contributed by atoms with Gasteiger partial charge in [-0.3, -0.25) is 4.72 Å². The summed E-state index contributed by atoms with van der Waals surface area (Å²) in [5, 5.41) is 7.78. The summed E-state index contributed by atoms with van der Waals surface area (Å²) in [5.74, 6) is 0. The number of sulfonamides is 1. The van der Waals surface area contributed by atoms with Crippen LogP contribution in [0.15, 0.2) is 24.3 Å². The van der Waals surface area contributed by atoms with E-state index in [1.54, 1.807) is 25.1 Å². The van der Waals surface area contributed by atoms with Crippen LogP contribution in [0.3, 0.4) is 0 Å². The van der Waals surface area contributed by atoms with Crippen molar-refractivity contribution in [2.45, 2.75) is 38.4 Å². The molecule has 0 bridgehead atoms. The Morgan fingerprint density at radius 2 is 1.89 bits per heavy atom. The third-order valence-electron chi connectivity index (χ3n) is 2.64. The highest BCUT2D eigenvalue weighted by Gasteiger charge is 2.23. The third kappa shape index (κ3) is 3.74. The van der Waals surface area contributed by atoms with Gasteiger partial charge in [0.25, 0.3) is 0 Å².